The number of aliphatic hydroxyl groups is 1. The summed E-state index contributed by atoms with van der Waals surface area (Å²) in [7, 11) is 3.91. The molecule has 0 saturated carbocycles. The molecule has 2 aliphatic rings. The average Bonchev–Trinajstić information content (AvgIpc) is 3.04. The summed E-state index contributed by atoms with van der Waals surface area (Å²) >= 11 is 0. The van der Waals surface area contributed by atoms with Crippen LogP contribution in [0.15, 0.2) is 12.4 Å². The van der Waals surface area contributed by atoms with Crippen LogP contribution in [0.5, 0.6) is 0 Å². The highest BCUT2D eigenvalue weighted by Gasteiger charge is 2.31. The first-order chi connectivity index (χ1) is 11.5. The largest absolute Gasteiger partial charge is 0.390 e. The maximum atomic E-state index is 12.8. The van der Waals surface area contributed by atoms with Gasteiger partial charge in [-0.05, 0) is 19.9 Å². The quantitative estimate of drug-likeness (QED) is 0.809. The number of aromatic nitrogens is 2. The fourth-order valence-electron chi connectivity index (χ4n) is 3.71. The molecule has 3 rings (SSSR count). The van der Waals surface area contributed by atoms with Crippen molar-refractivity contribution >= 4 is 5.91 Å². The van der Waals surface area contributed by atoms with Gasteiger partial charge in [0.05, 0.1) is 12.0 Å². The fraction of sp³-hybridized carbons (Fsp3) is 0.765. The number of hydrogen-bond acceptors (Lipinski definition) is 5. The molecule has 1 fully saturated rings. The van der Waals surface area contributed by atoms with E-state index in [1.807, 2.05) is 6.20 Å². The molecule has 134 valence electrons. The number of hydrogen-bond donors (Lipinski definition) is 1. The smallest absolute Gasteiger partial charge is 0.233 e. The molecule has 1 amide bonds. The van der Waals surface area contributed by atoms with E-state index in [0.29, 0.717) is 13.1 Å². The van der Waals surface area contributed by atoms with Gasteiger partial charge in [-0.3, -0.25) is 9.69 Å². The van der Waals surface area contributed by atoms with E-state index < -0.39 is 6.10 Å². The van der Waals surface area contributed by atoms with E-state index in [1.54, 1.807) is 18.1 Å². The van der Waals surface area contributed by atoms with Gasteiger partial charge in [0.1, 0.15) is 5.82 Å². The molecule has 1 aromatic heterocycles. The topological polar surface area (TPSA) is 64.8 Å². The zero-order valence-electron chi connectivity index (χ0n) is 14.8. The number of aryl methyl sites for hydroxylation is 1. The number of β-amino-alcohol motifs (C(OH)–C–C–N with tert-alkyl or cyclic N) is 1. The lowest BCUT2D eigenvalue weighted by molar-refractivity contribution is -0.133. The molecule has 2 unspecified atom stereocenters. The van der Waals surface area contributed by atoms with Crippen molar-refractivity contribution in [3.8, 4) is 0 Å². The van der Waals surface area contributed by atoms with Crippen molar-refractivity contribution in [2.75, 3.05) is 53.4 Å². The SMILES string of the molecule is CN1CCN(CC(O)CN(C)C(=O)C2CCCn3ccnc32)CC1. The van der Waals surface area contributed by atoms with Crippen molar-refractivity contribution in [1.29, 1.82) is 0 Å². The average molecular weight is 335 g/mol. The van der Waals surface area contributed by atoms with Crippen LogP contribution in [0.2, 0.25) is 0 Å². The number of rotatable bonds is 5. The van der Waals surface area contributed by atoms with E-state index in [-0.39, 0.29) is 11.8 Å². The van der Waals surface area contributed by atoms with Crippen LogP contribution in [0, 0.1) is 0 Å². The second-order valence-corrected chi connectivity index (χ2v) is 7.15. The molecule has 1 aromatic rings. The molecule has 0 spiro atoms. The van der Waals surface area contributed by atoms with Gasteiger partial charge in [-0.15, -0.1) is 0 Å². The zero-order chi connectivity index (χ0) is 17.1. The molecule has 1 N–H and O–H groups in total. The van der Waals surface area contributed by atoms with Gasteiger partial charge in [-0.1, -0.05) is 0 Å². The standard InChI is InChI=1S/C17H29N5O2/c1-19-8-10-21(11-9-19)13-14(23)12-20(2)17(24)15-4-3-6-22-7-5-18-16(15)22/h5,7,14-15,23H,3-4,6,8-13H2,1-2H3. The Kier molecular flexibility index (Phi) is 5.53. The van der Waals surface area contributed by atoms with Crippen molar-refractivity contribution < 1.29 is 9.90 Å². The Morgan fingerprint density at radius 1 is 1.38 bits per heavy atom. The van der Waals surface area contributed by atoms with E-state index in [4.69, 9.17) is 0 Å². The highest BCUT2D eigenvalue weighted by molar-refractivity contribution is 5.82. The highest BCUT2D eigenvalue weighted by Crippen LogP contribution is 2.27. The lowest BCUT2D eigenvalue weighted by Gasteiger charge is -2.34. The highest BCUT2D eigenvalue weighted by atomic mass is 16.3. The van der Waals surface area contributed by atoms with E-state index in [2.05, 4.69) is 26.4 Å². The van der Waals surface area contributed by atoms with Gasteiger partial charge >= 0.3 is 0 Å². The van der Waals surface area contributed by atoms with Crippen LogP contribution in [0.25, 0.3) is 0 Å². The van der Waals surface area contributed by atoms with Gasteiger partial charge in [0.15, 0.2) is 0 Å². The Balaban J connectivity index is 1.51. The van der Waals surface area contributed by atoms with E-state index in [1.165, 1.54) is 0 Å². The lowest BCUT2D eigenvalue weighted by Crippen LogP contribution is -2.49. The molecule has 7 heteroatoms. The molecule has 3 heterocycles. The summed E-state index contributed by atoms with van der Waals surface area (Å²) in [4.78, 5) is 23.4. The number of piperazine rings is 1. The number of likely N-dealkylation sites (N-methyl/N-ethyl adjacent to an activating group) is 2. The van der Waals surface area contributed by atoms with E-state index >= 15 is 0 Å². The minimum Gasteiger partial charge on any atom is -0.390 e. The van der Waals surface area contributed by atoms with Crippen LogP contribution in [-0.2, 0) is 11.3 Å². The van der Waals surface area contributed by atoms with Gasteiger partial charge in [0.2, 0.25) is 5.91 Å². The summed E-state index contributed by atoms with van der Waals surface area (Å²) in [6.07, 6.45) is 5.04. The third-order valence-electron chi connectivity index (χ3n) is 5.17. The molecular formula is C17H29N5O2. The minimum atomic E-state index is -0.509. The molecular weight excluding hydrogens is 306 g/mol. The van der Waals surface area contributed by atoms with Crippen molar-refractivity contribution in [1.82, 2.24) is 24.3 Å². The normalized spacial score (nSPS) is 23.7. The lowest BCUT2D eigenvalue weighted by atomic mass is 9.97. The van der Waals surface area contributed by atoms with Crippen LogP contribution < -0.4 is 0 Å². The molecule has 0 aliphatic carbocycles. The van der Waals surface area contributed by atoms with Crippen LogP contribution >= 0.6 is 0 Å². The van der Waals surface area contributed by atoms with Crippen molar-refractivity contribution in [2.45, 2.75) is 31.4 Å². The number of carbonyl (C=O) groups is 1. The monoisotopic (exact) mass is 335 g/mol. The summed E-state index contributed by atoms with van der Waals surface area (Å²) in [6, 6.07) is 0. The Hall–Kier alpha value is -1.44. The first-order valence-corrected chi connectivity index (χ1v) is 8.89. The second-order valence-electron chi connectivity index (χ2n) is 7.15. The summed E-state index contributed by atoms with van der Waals surface area (Å²) in [5.74, 6) is 0.765. The second kappa shape index (κ2) is 7.63. The first-order valence-electron chi connectivity index (χ1n) is 8.89. The Bertz CT molecular complexity index is 553. The van der Waals surface area contributed by atoms with Crippen LogP contribution in [0.4, 0.5) is 0 Å². The van der Waals surface area contributed by atoms with Crippen molar-refractivity contribution in [3.63, 3.8) is 0 Å². The first kappa shape index (κ1) is 17.4. The number of imidazole rings is 1. The fourth-order valence-corrected chi connectivity index (χ4v) is 3.71. The van der Waals surface area contributed by atoms with Crippen molar-refractivity contribution in [2.24, 2.45) is 0 Å². The molecule has 2 aliphatic heterocycles. The van der Waals surface area contributed by atoms with Gasteiger partial charge in [0.25, 0.3) is 0 Å². The zero-order valence-corrected chi connectivity index (χ0v) is 14.8. The van der Waals surface area contributed by atoms with Crippen LogP contribution in [0.3, 0.4) is 0 Å². The van der Waals surface area contributed by atoms with Crippen LogP contribution in [-0.4, -0.2) is 94.7 Å². The molecule has 0 radical (unpaired) electrons. The summed E-state index contributed by atoms with van der Waals surface area (Å²) in [6.45, 7) is 5.97. The predicted octanol–water partition coefficient (Wildman–Crippen LogP) is -0.173. The summed E-state index contributed by atoms with van der Waals surface area (Å²) in [5, 5.41) is 10.4. The number of fused-ring (bicyclic) bond motifs is 1. The van der Waals surface area contributed by atoms with Gasteiger partial charge < -0.3 is 19.5 Å². The molecule has 0 bridgehead atoms. The van der Waals surface area contributed by atoms with Gasteiger partial charge in [0, 0.05) is 65.3 Å². The Morgan fingerprint density at radius 2 is 2.12 bits per heavy atom. The Labute approximate surface area is 143 Å². The maximum absolute atomic E-state index is 12.8. The number of nitrogens with zero attached hydrogens (tertiary/aromatic N) is 5. The third-order valence-corrected chi connectivity index (χ3v) is 5.17. The third kappa shape index (κ3) is 3.96. The molecule has 1 saturated heterocycles. The molecule has 0 aromatic carbocycles. The van der Waals surface area contributed by atoms with E-state index in [0.717, 1.165) is 51.4 Å². The summed E-state index contributed by atoms with van der Waals surface area (Å²) in [5.41, 5.74) is 0. The Morgan fingerprint density at radius 3 is 2.88 bits per heavy atom. The van der Waals surface area contributed by atoms with E-state index in [9.17, 15) is 9.90 Å². The predicted molar refractivity (Wildman–Crippen MR) is 91.8 cm³/mol. The molecule has 2 atom stereocenters. The van der Waals surface area contributed by atoms with Crippen molar-refractivity contribution in [3.05, 3.63) is 18.2 Å². The maximum Gasteiger partial charge on any atom is 0.233 e. The van der Waals surface area contributed by atoms with Crippen LogP contribution in [0.1, 0.15) is 24.6 Å². The van der Waals surface area contributed by atoms with Gasteiger partial charge in [-0.25, -0.2) is 4.98 Å². The number of amides is 1. The number of aliphatic hydroxyl groups excluding tert-OH is 1. The molecule has 24 heavy (non-hydrogen) atoms. The number of carbonyl (C=O) groups excluding carboxylic acids is 1. The minimum absolute atomic E-state index is 0.0691. The molecule has 7 nitrogen and oxygen atoms in total. The summed E-state index contributed by atoms with van der Waals surface area (Å²) < 4.78 is 2.07. The van der Waals surface area contributed by atoms with Gasteiger partial charge in [-0.2, -0.15) is 0 Å².